The summed E-state index contributed by atoms with van der Waals surface area (Å²) >= 11 is 0. The highest BCUT2D eigenvalue weighted by Crippen LogP contribution is 2.34. The van der Waals surface area contributed by atoms with Gasteiger partial charge in [-0.1, -0.05) is 0 Å². The molecule has 1 aromatic rings. The van der Waals surface area contributed by atoms with Crippen molar-refractivity contribution in [3.63, 3.8) is 0 Å². The van der Waals surface area contributed by atoms with Crippen LogP contribution < -0.4 is 4.90 Å². The number of fused-ring (bicyclic) bond motifs is 1. The molecule has 27 heavy (non-hydrogen) atoms. The summed E-state index contributed by atoms with van der Waals surface area (Å²) in [4.78, 5) is 16.3. The number of carbonyl (C=O) groups is 1. The average molecular weight is 394 g/mol. The first kappa shape index (κ1) is 18.9. The Morgan fingerprint density at radius 3 is 2.56 bits per heavy atom. The van der Waals surface area contributed by atoms with Crippen LogP contribution >= 0.6 is 0 Å². The fourth-order valence-corrected chi connectivity index (χ4v) is 5.99. The lowest BCUT2D eigenvalue weighted by Gasteiger charge is -2.36. The van der Waals surface area contributed by atoms with E-state index in [9.17, 15) is 13.2 Å². The van der Waals surface area contributed by atoms with Crippen LogP contribution in [-0.2, 0) is 26.0 Å². The van der Waals surface area contributed by atoms with Gasteiger partial charge in [0.2, 0.25) is 15.9 Å². The lowest BCUT2D eigenvalue weighted by molar-refractivity contribution is -0.116. The molecule has 0 spiro atoms. The Morgan fingerprint density at radius 2 is 1.93 bits per heavy atom. The van der Waals surface area contributed by atoms with E-state index in [0.717, 1.165) is 44.0 Å². The van der Waals surface area contributed by atoms with Crippen molar-refractivity contribution >= 4 is 21.6 Å². The van der Waals surface area contributed by atoms with E-state index < -0.39 is 10.0 Å². The zero-order chi connectivity index (χ0) is 19.2. The van der Waals surface area contributed by atoms with Crippen molar-refractivity contribution in [2.45, 2.75) is 43.7 Å². The lowest BCUT2D eigenvalue weighted by atomic mass is 10.1. The molecular weight excluding hydrogens is 366 g/mol. The molecule has 2 fully saturated rings. The number of carbonyl (C=O) groups excluding carboxylic acids is 1. The van der Waals surface area contributed by atoms with Crippen LogP contribution in [0, 0.1) is 0 Å². The van der Waals surface area contributed by atoms with Crippen LogP contribution in [0.25, 0.3) is 0 Å². The fraction of sp³-hybridized carbons (Fsp3) is 0.632. The molecule has 0 aromatic heterocycles. The van der Waals surface area contributed by atoms with E-state index >= 15 is 0 Å². The standard InChI is InChI=1S/C19H27N3O4S/c1-14-11-16-12-18(3-4-19(16)22(14)15(2)23)27(24,25)21-8-6-20(7-9-21)17-5-10-26-13-17/h3-4,12,14,17H,5-11,13H2,1-2H3/t14-,17+/m1/s1. The van der Waals surface area contributed by atoms with Crippen molar-refractivity contribution in [2.75, 3.05) is 44.3 Å². The van der Waals surface area contributed by atoms with Gasteiger partial charge in [0.25, 0.3) is 0 Å². The first-order chi connectivity index (χ1) is 12.9. The molecule has 148 valence electrons. The molecule has 1 amide bonds. The summed E-state index contributed by atoms with van der Waals surface area (Å²) in [5.74, 6) is -0.0103. The predicted molar refractivity (Wildman–Crippen MR) is 102 cm³/mol. The quantitative estimate of drug-likeness (QED) is 0.769. The Morgan fingerprint density at radius 1 is 1.19 bits per heavy atom. The van der Waals surface area contributed by atoms with Crippen LogP contribution in [0.15, 0.2) is 23.1 Å². The van der Waals surface area contributed by atoms with Gasteiger partial charge in [0.1, 0.15) is 0 Å². The van der Waals surface area contributed by atoms with Gasteiger partial charge in [0, 0.05) is 57.5 Å². The number of benzene rings is 1. The number of rotatable bonds is 3. The van der Waals surface area contributed by atoms with Crippen molar-refractivity contribution in [3.05, 3.63) is 23.8 Å². The van der Waals surface area contributed by atoms with Crippen molar-refractivity contribution in [1.82, 2.24) is 9.21 Å². The Balaban J connectivity index is 1.50. The number of sulfonamides is 1. The third-order valence-corrected chi connectivity index (χ3v) is 7.83. The second-order valence-electron chi connectivity index (χ2n) is 7.69. The number of hydrogen-bond donors (Lipinski definition) is 0. The van der Waals surface area contributed by atoms with Crippen molar-refractivity contribution in [3.8, 4) is 0 Å². The minimum Gasteiger partial charge on any atom is -0.380 e. The molecule has 8 heteroatoms. The topological polar surface area (TPSA) is 70.2 Å². The van der Waals surface area contributed by atoms with Gasteiger partial charge < -0.3 is 9.64 Å². The molecule has 4 rings (SSSR count). The summed E-state index contributed by atoms with van der Waals surface area (Å²) in [5, 5.41) is 0. The molecule has 0 bridgehead atoms. The van der Waals surface area contributed by atoms with Crippen LogP contribution in [-0.4, -0.2) is 75.0 Å². The van der Waals surface area contributed by atoms with Gasteiger partial charge in [-0.2, -0.15) is 4.31 Å². The number of ether oxygens (including phenoxy) is 1. The van der Waals surface area contributed by atoms with Crippen molar-refractivity contribution in [2.24, 2.45) is 0 Å². The second-order valence-corrected chi connectivity index (χ2v) is 9.63. The van der Waals surface area contributed by atoms with Gasteiger partial charge in [-0.25, -0.2) is 8.42 Å². The van der Waals surface area contributed by atoms with Crippen LogP contribution in [0.4, 0.5) is 5.69 Å². The zero-order valence-electron chi connectivity index (χ0n) is 15.9. The average Bonchev–Trinajstić information content (AvgIpc) is 3.28. The summed E-state index contributed by atoms with van der Waals surface area (Å²) in [5.41, 5.74) is 1.76. The van der Waals surface area contributed by atoms with Crippen LogP contribution in [0.3, 0.4) is 0 Å². The minimum atomic E-state index is -3.51. The normalized spacial score (nSPS) is 27.1. The van der Waals surface area contributed by atoms with Gasteiger partial charge in [-0.05, 0) is 43.5 Å². The smallest absolute Gasteiger partial charge is 0.243 e. The maximum absolute atomic E-state index is 13.1. The maximum Gasteiger partial charge on any atom is 0.243 e. The number of anilines is 1. The van der Waals surface area contributed by atoms with Crippen LogP contribution in [0.5, 0.6) is 0 Å². The largest absolute Gasteiger partial charge is 0.380 e. The molecule has 7 nitrogen and oxygen atoms in total. The van der Waals surface area contributed by atoms with Crippen molar-refractivity contribution in [1.29, 1.82) is 0 Å². The van der Waals surface area contributed by atoms with Gasteiger partial charge in [0.15, 0.2) is 0 Å². The van der Waals surface area contributed by atoms with Gasteiger partial charge in [0.05, 0.1) is 11.5 Å². The molecule has 3 aliphatic rings. The summed E-state index contributed by atoms with van der Waals surface area (Å²) in [6, 6.07) is 5.65. The molecule has 0 unspecified atom stereocenters. The lowest BCUT2D eigenvalue weighted by Crippen LogP contribution is -2.52. The highest BCUT2D eigenvalue weighted by atomic mass is 32.2. The highest BCUT2D eigenvalue weighted by molar-refractivity contribution is 7.89. The monoisotopic (exact) mass is 393 g/mol. The third-order valence-electron chi connectivity index (χ3n) is 5.94. The molecule has 1 aromatic carbocycles. The Kier molecular flexibility index (Phi) is 5.00. The number of nitrogens with zero attached hydrogens (tertiary/aromatic N) is 3. The van der Waals surface area contributed by atoms with Crippen LogP contribution in [0.2, 0.25) is 0 Å². The number of amides is 1. The van der Waals surface area contributed by atoms with E-state index in [2.05, 4.69) is 4.90 Å². The van der Waals surface area contributed by atoms with E-state index in [-0.39, 0.29) is 11.9 Å². The number of hydrogen-bond acceptors (Lipinski definition) is 5. The van der Waals surface area contributed by atoms with E-state index in [4.69, 9.17) is 4.74 Å². The van der Waals surface area contributed by atoms with Crippen LogP contribution in [0.1, 0.15) is 25.8 Å². The van der Waals surface area contributed by atoms with E-state index in [1.54, 1.807) is 34.3 Å². The summed E-state index contributed by atoms with van der Waals surface area (Å²) in [6.07, 6.45) is 1.72. The second kappa shape index (κ2) is 7.16. The molecule has 0 aliphatic carbocycles. The first-order valence-corrected chi connectivity index (χ1v) is 11.1. The van der Waals surface area contributed by atoms with Gasteiger partial charge in [-0.3, -0.25) is 9.69 Å². The van der Waals surface area contributed by atoms with Gasteiger partial charge >= 0.3 is 0 Å². The summed E-state index contributed by atoms with van der Waals surface area (Å²) in [6.45, 7) is 7.58. The van der Waals surface area contributed by atoms with Gasteiger partial charge in [-0.15, -0.1) is 0 Å². The molecule has 0 saturated carbocycles. The Bertz CT molecular complexity index is 827. The maximum atomic E-state index is 13.1. The summed E-state index contributed by atoms with van der Waals surface area (Å²) in [7, 11) is -3.51. The van der Waals surface area contributed by atoms with Crippen molar-refractivity contribution < 1.29 is 17.9 Å². The molecule has 0 N–H and O–H groups in total. The molecule has 3 aliphatic heterocycles. The molecular formula is C19H27N3O4S. The molecule has 2 atom stereocenters. The molecule has 0 radical (unpaired) electrons. The first-order valence-electron chi connectivity index (χ1n) is 9.62. The molecule has 2 saturated heterocycles. The number of piperazine rings is 1. The minimum absolute atomic E-state index is 0.0103. The highest BCUT2D eigenvalue weighted by Gasteiger charge is 2.34. The zero-order valence-corrected chi connectivity index (χ0v) is 16.7. The third kappa shape index (κ3) is 3.40. The Labute approximate surface area is 160 Å². The Hall–Kier alpha value is -1.48. The fourth-order valence-electron chi connectivity index (χ4n) is 4.52. The predicted octanol–water partition coefficient (Wildman–Crippen LogP) is 1.08. The molecule has 3 heterocycles. The van der Waals surface area contributed by atoms with E-state index in [1.807, 2.05) is 6.92 Å². The van der Waals surface area contributed by atoms with E-state index in [0.29, 0.717) is 30.4 Å². The SMILES string of the molecule is CC(=O)N1c2ccc(S(=O)(=O)N3CCN([C@H]4CCOC4)CC3)cc2C[C@H]1C. The van der Waals surface area contributed by atoms with E-state index in [1.165, 1.54) is 0 Å². The summed E-state index contributed by atoms with van der Waals surface area (Å²) < 4.78 is 33.3.